The fourth-order valence-electron chi connectivity index (χ4n) is 1.70. The highest BCUT2D eigenvalue weighted by atomic mass is 79.9. The van der Waals surface area contributed by atoms with Crippen LogP contribution in [-0.2, 0) is 0 Å². The fourth-order valence-corrected chi connectivity index (χ4v) is 2.05. The highest BCUT2D eigenvalue weighted by Gasteiger charge is 2.16. The number of aliphatic hydroxyl groups is 1. The lowest BCUT2D eigenvalue weighted by molar-refractivity contribution is -0.385. The molecule has 1 unspecified atom stereocenters. The first-order chi connectivity index (χ1) is 10.0. The van der Waals surface area contributed by atoms with Crippen LogP contribution in [0, 0.1) is 10.1 Å². The van der Waals surface area contributed by atoms with Gasteiger partial charge in [-0.3, -0.25) is 15.1 Å². The molecule has 7 heteroatoms. The predicted octanol–water partition coefficient (Wildman–Crippen LogP) is 3.99. The molecule has 0 aliphatic heterocycles. The summed E-state index contributed by atoms with van der Waals surface area (Å²) >= 11 is 3.18. The summed E-state index contributed by atoms with van der Waals surface area (Å²) in [5.74, 6) is 0.501. The Balaban J connectivity index is 2.24. The molecule has 110 valence electrons. The van der Waals surface area contributed by atoms with Crippen LogP contribution in [0.2, 0.25) is 0 Å². The van der Waals surface area contributed by atoms with Crippen molar-refractivity contribution >= 4 is 21.6 Å². The highest BCUT2D eigenvalue weighted by molar-refractivity contribution is 9.10. The van der Waals surface area contributed by atoms with Gasteiger partial charge in [0.25, 0.3) is 0 Å². The summed E-state index contributed by atoms with van der Waals surface area (Å²) in [6, 6.07) is 7.79. The Bertz CT molecular complexity index is 646. The van der Waals surface area contributed by atoms with Crippen molar-refractivity contribution in [1.82, 2.24) is 4.98 Å². The lowest BCUT2D eigenvalue weighted by Crippen LogP contribution is -1.99. The number of aliphatic hydroxyl groups excluding tert-OH is 1. The van der Waals surface area contributed by atoms with Crippen molar-refractivity contribution < 1.29 is 14.8 Å². The van der Waals surface area contributed by atoms with E-state index in [4.69, 9.17) is 4.74 Å². The van der Waals surface area contributed by atoms with Crippen LogP contribution in [0.15, 0.2) is 41.0 Å². The summed E-state index contributed by atoms with van der Waals surface area (Å²) in [6.07, 6.45) is 1.37. The predicted molar refractivity (Wildman–Crippen MR) is 80.4 cm³/mol. The molecule has 1 aromatic heterocycles. The Hall–Kier alpha value is -1.99. The van der Waals surface area contributed by atoms with E-state index < -0.39 is 11.0 Å². The van der Waals surface area contributed by atoms with E-state index in [0.29, 0.717) is 22.3 Å². The van der Waals surface area contributed by atoms with Crippen LogP contribution in [0.3, 0.4) is 0 Å². The summed E-state index contributed by atoms with van der Waals surface area (Å²) in [5.41, 5.74) is 0.400. The highest BCUT2D eigenvalue weighted by Crippen LogP contribution is 2.33. The van der Waals surface area contributed by atoms with Gasteiger partial charge in [-0.15, -0.1) is 0 Å². The third-order valence-corrected chi connectivity index (χ3v) is 3.33. The summed E-state index contributed by atoms with van der Waals surface area (Å²) in [4.78, 5) is 14.6. The SMILES string of the molecule is CCC(O)c1ccc(Oc2ccc(Br)cc2[N+](=O)[O-])cn1. The number of pyridine rings is 1. The molecule has 1 N–H and O–H groups in total. The summed E-state index contributed by atoms with van der Waals surface area (Å²) in [7, 11) is 0. The average Bonchev–Trinajstić information content (AvgIpc) is 2.49. The summed E-state index contributed by atoms with van der Waals surface area (Å²) in [5, 5.41) is 20.7. The monoisotopic (exact) mass is 352 g/mol. The number of hydrogen-bond acceptors (Lipinski definition) is 5. The molecule has 21 heavy (non-hydrogen) atoms. The van der Waals surface area contributed by atoms with E-state index in [-0.39, 0.29) is 11.4 Å². The van der Waals surface area contributed by atoms with Gasteiger partial charge in [-0.25, -0.2) is 0 Å². The second-order valence-corrected chi connectivity index (χ2v) is 5.23. The van der Waals surface area contributed by atoms with Gasteiger partial charge in [0.2, 0.25) is 5.75 Å². The zero-order valence-electron chi connectivity index (χ0n) is 11.2. The van der Waals surface area contributed by atoms with E-state index in [0.717, 1.165) is 0 Å². The first-order valence-electron chi connectivity index (χ1n) is 6.27. The molecular weight excluding hydrogens is 340 g/mol. The van der Waals surface area contributed by atoms with Crippen LogP contribution in [0.1, 0.15) is 25.1 Å². The zero-order chi connectivity index (χ0) is 15.4. The van der Waals surface area contributed by atoms with Gasteiger partial charge in [0.1, 0.15) is 5.75 Å². The number of nitrogens with zero attached hydrogens (tertiary/aromatic N) is 2. The second-order valence-electron chi connectivity index (χ2n) is 4.31. The maximum absolute atomic E-state index is 11.0. The maximum atomic E-state index is 11.0. The van der Waals surface area contributed by atoms with Gasteiger partial charge < -0.3 is 9.84 Å². The average molecular weight is 353 g/mol. The van der Waals surface area contributed by atoms with Crippen LogP contribution in [-0.4, -0.2) is 15.0 Å². The maximum Gasteiger partial charge on any atom is 0.312 e. The molecule has 1 aromatic carbocycles. The van der Waals surface area contributed by atoms with Crippen molar-refractivity contribution in [3.8, 4) is 11.5 Å². The number of rotatable bonds is 5. The number of aromatic nitrogens is 1. The molecule has 0 aliphatic carbocycles. The van der Waals surface area contributed by atoms with Gasteiger partial charge >= 0.3 is 5.69 Å². The first-order valence-corrected chi connectivity index (χ1v) is 7.06. The van der Waals surface area contributed by atoms with Crippen LogP contribution in [0.5, 0.6) is 11.5 Å². The third-order valence-electron chi connectivity index (χ3n) is 2.83. The Morgan fingerprint density at radius 2 is 2.19 bits per heavy atom. The molecule has 0 radical (unpaired) electrons. The minimum Gasteiger partial charge on any atom is -0.449 e. The Morgan fingerprint density at radius 3 is 2.76 bits per heavy atom. The molecule has 1 atom stereocenters. The van der Waals surface area contributed by atoms with Gasteiger partial charge in [-0.05, 0) is 30.7 Å². The first kappa shape index (κ1) is 15.4. The van der Waals surface area contributed by atoms with Crippen molar-refractivity contribution in [3.63, 3.8) is 0 Å². The molecule has 0 spiro atoms. The van der Waals surface area contributed by atoms with Gasteiger partial charge in [-0.2, -0.15) is 0 Å². The summed E-state index contributed by atoms with van der Waals surface area (Å²) < 4.78 is 6.09. The van der Waals surface area contributed by atoms with Crippen LogP contribution in [0.25, 0.3) is 0 Å². The number of nitro benzene ring substituents is 1. The van der Waals surface area contributed by atoms with Gasteiger partial charge in [-0.1, -0.05) is 22.9 Å². The number of nitro groups is 1. The molecule has 0 aliphatic rings. The van der Waals surface area contributed by atoms with E-state index >= 15 is 0 Å². The van der Waals surface area contributed by atoms with Crippen molar-refractivity contribution in [3.05, 3.63) is 56.8 Å². The number of ether oxygens (including phenoxy) is 1. The third kappa shape index (κ3) is 3.77. The lowest BCUT2D eigenvalue weighted by Gasteiger charge is -2.09. The molecule has 0 saturated heterocycles. The van der Waals surface area contributed by atoms with Crippen molar-refractivity contribution in [2.45, 2.75) is 19.4 Å². The molecule has 6 nitrogen and oxygen atoms in total. The lowest BCUT2D eigenvalue weighted by atomic mass is 10.2. The van der Waals surface area contributed by atoms with E-state index in [2.05, 4.69) is 20.9 Å². The molecule has 2 rings (SSSR count). The van der Waals surface area contributed by atoms with Crippen LogP contribution >= 0.6 is 15.9 Å². The number of hydrogen-bond donors (Lipinski definition) is 1. The Labute approximate surface area is 129 Å². The van der Waals surface area contributed by atoms with Crippen LogP contribution in [0.4, 0.5) is 5.69 Å². The Kier molecular flexibility index (Phi) is 4.87. The number of halogens is 1. The summed E-state index contributed by atoms with van der Waals surface area (Å²) in [6.45, 7) is 1.85. The largest absolute Gasteiger partial charge is 0.449 e. The van der Waals surface area contributed by atoms with E-state index in [9.17, 15) is 15.2 Å². The zero-order valence-corrected chi connectivity index (χ0v) is 12.8. The van der Waals surface area contributed by atoms with E-state index in [1.54, 1.807) is 18.2 Å². The molecular formula is C14H13BrN2O4. The van der Waals surface area contributed by atoms with E-state index in [1.807, 2.05) is 6.92 Å². The van der Waals surface area contributed by atoms with Crippen molar-refractivity contribution in [2.75, 3.05) is 0 Å². The fraction of sp³-hybridized carbons (Fsp3) is 0.214. The van der Waals surface area contributed by atoms with E-state index in [1.165, 1.54) is 18.3 Å². The van der Waals surface area contributed by atoms with Crippen molar-refractivity contribution in [1.29, 1.82) is 0 Å². The topological polar surface area (TPSA) is 85.5 Å². The van der Waals surface area contributed by atoms with Gasteiger partial charge in [0.15, 0.2) is 0 Å². The Morgan fingerprint density at radius 1 is 1.43 bits per heavy atom. The van der Waals surface area contributed by atoms with Gasteiger partial charge in [0, 0.05) is 10.5 Å². The molecule has 0 saturated carbocycles. The molecule has 2 aromatic rings. The second kappa shape index (κ2) is 6.64. The van der Waals surface area contributed by atoms with Crippen molar-refractivity contribution in [2.24, 2.45) is 0 Å². The minimum atomic E-state index is -0.624. The number of benzene rings is 1. The standard InChI is InChI=1S/C14H13BrN2O4/c1-2-13(18)11-5-4-10(8-16-11)21-14-6-3-9(15)7-12(14)17(19)20/h3-8,13,18H,2H2,1H3. The quantitative estimate of drug-likeness (QED) is 0.649. The molecule has 0 fully saturated rings. The van der Waals surface area contributed by atoms with Crippen LogP contribution < -0.4 is 4.74 Å². The smallest absolute Gasteiger partial charge is 0.312 e. The molecule has 1 heterocycles. The molecule has 0 amide bonds. The molecule has 0 bridgehead atoms. The van der Waals surface area contributed by atoms with Gasteiger partial charge in [0.05, 0.1) is 22.9 Å². The normalized spacial score (nSPS) is 12.0. The minimum absolute atomic E-state index is 0.133.